The Bertz CT molecular complexity index is 213. The molecule has 1 aromatic carbocycles. The van der Waals surface area contributed by atoms with Gasteiger partial charge in [0.2, 0.25) is 9.03 Å². The lowest BCUT2D eigenvalue weighted by Gasteiger charge is -2.00. The summed E-state index contributed by atoms with van der Waals surface area (Å²) in [4.78, 5) is 8.42. The lowest BCUT2D eigenvalue weighted by atomic mass is 10.2. The minimum absolute atomic E-state index is 0.468. The van der Waals surface area contributed by atoms with Crippen LogP contribution in [0.5, 0.6) is 5.75 Å². The van der Waals surface area contributed by atoms with Crippen LogP contribution in [-0.2, 0) is 0 Å². The van der Waals surface area contributed by atoms with Crippen LogP contribution in [0, 0.1) is 6.92 Å². The highest BCUT2D eigenvalue weighted by molar-refractivity contribution is 7.25. The van der Waals surface area contributed by atoms with Gasteiger partial charge in [-0.15, -0.1) is 0 Å². The maximum atomic E-state index is 8.42. The fraction of sp³-hybridized carbons (Fsp3) is 0.143. The third-order valence-electron chi connectivity index (χ3n) is 1.15. The molecule has 0 heterocycles. The minimum Gasteiger partial charge on any atom is -0.450 e. The normalized spacial score (nSPS) is 10.6. The molecule has 0 amide bonds. The Morgan fingerprint density at radius 1 is 1.50 bits per heavy atom. The first-order valence-electron chi connectivity index (χ1n) is 2.95. The molecule has 1 N–H and O–H groups in total. The zero-order valence-corrected chi connectivity index (χ0v) is 6.66. The van der Waals surface area contributed by atoms with Gasteiger partial charge in [0.05, 0.1) is 0 Å². The fourth-order valence-corrected chi connectivity index (χ4v) is 0.964. The second-order valence-corrected chi connectivity index (χ2v) is 2.40. The van der Waals surface area contributed by atoms with Crippen LogP contribution in [0.3, 0.4) is 0 Å². The Kier molecular flexibility index (Phi) is 2.67. The summed E-state index contributed by atoms with van der Waals surface area (Å²) in [6.07, 6.45) is 0. The molecule has 1 atom stereocenters. The predicted octanol–water partition coefficient (Wildman–Crippen LogP) is 1.87. The molecular formula is C7H9O2P. The molecule has 0 saturated carbocycles. The molecule has 0 aliphatic carbocycles. The van der Waals surface area contributed by atoms with Gasteiger partial charge in [-0.1, -0.05) is 12.1 Å². The molecule has 0 bridgehead atoms. The molecule has 0 fully saturated rings. The van der Waals surface area contributed by atoms with Crippen molar-refractivity contribution in [3.8, 4) is 5.75 Å². The van der Waals surface area contributed by atoms with Gasteiger partial charge in [-0.05, 0) is 24.6 Å². The Morgan fingerprint density at radius 3 is 2.90 bits per heavy atom. The van der Waals surface area contributed by atoms with Crippen molar-refractivity contribution in [2.45, 2.75) is 6.92 Å². The van der Waals surface area contributed by atoms with Crippen LogP contribution in [0.15, 0.2) is 24.3 Å². The van der Waals surface area contributed by atoms with E-state index in [4.69, 9.17) is 9.42 Å². The average molecular weight is 156 g/mol. The third kappa shape index (κ3) is 1.98. The molecular weight excluding hydrogens is 147 g/mol. The van der Waals surface area contributed by atoms with Gasteiger partial charge in [-0.3, -0.25) is 0 Å². The van der Waals surface area contributed by atoms with E-state index in [1.54, 1.807) is 0 Å². The molecule has 10 heavy (non-hydrogen) atoms. The van der Waals surface area contributed by atoms with E-state index in [0.717, 1.165) is 11.3 Å². The molecule has 1 unspecified atom stereocenters. The molecule has 0 saturated heterocycles. The average Bonchev–Trinajstić information content (AvgIpc) is 1.88. The number of rotatable bonds is 2. The van der Waals surface area contributed by atoms with Gasteiger partial charge >= 0.3 is 0 Å². The summed E-state index contributed by atoms with van der Waals surface area (Å²) < 4.78 is 4.87. The summed E-state index contributed by atoms with van der Waals surface area (Å²) in [6.45, 7) is 1.98. The van der Waals surface area contributed by atoms with E-state index in [-0.39, 0.29) is 0 Å². The summed E-state index contributed by atoms with van der Waals surface area (Å²) in [5.41, 5.74) is 1.13. The van der Waals surface area contributed by atoms with Gasteiger partial charge in [-0.2, -0.15) is 0 Å². The Balaban J connectivity index is 2.75. The third-order valence-corrected chi connectivity index (χ3v) is 1.48. The van der Waals surface area contributed by atoms with Crippen LogP contribution in [-0.4, -0.2) is 4.89 Å². The SMILES string of the molecule is Cc1cccc(OPO)c1. The summed E-state index contributed by atoms with van der Waals surface area (Å²) >= 11 is 0. The molecule has 1 aromatic rings. The maximum Gasteiger partial charge on any atom is 0.212 e. The van der Waals surface area contributed by atoms with E-state index in [0.29, 0.717) is 0 Å². The van der Waals surface area contributed by atoms with Crippen molar-refractivity contribution >= 4 is 9.03 Å². The second kappa shape index (κ2) is 3.55. The minimum atomic E-state index is -0.468. The van der Waals surface area contributed by atoms with Crippen molar-refractivity contribution < 1.29 is 9.42 Å². The quantitative estimate of drug-likeness (QED) is 0.662. The van der Waals surface area contributed by atoms with Crippen LogP contribution in [0.4, 0.5) is 0 Å². The zero-order valence-electron chi connectivity index (χ0n) is 5.66. The lowest BCUT2D eigenvalue weighted by molar-refractivity contribution is 0.514. The first-order valence-corrected chi connectivity index (χ1v) is 3.81. The molecule has 54 valence electrons. The molecule has 0 aliphatic heterocycles. The van der Waals surface area contributed by atoms with Crippen molar-refractivity contribution in [1.29, 1.82) is 0 Å². The zero-order chi connectivity index (χ0) is 7.40. The lowest BCUT2D eigenvalue weighted by Crippen LogP contribution is -1.77. The van der Waals surface area contributed by atoms with Crippen molar-refractivity contribution in [1.82, 2.24) is 0 Å². The molecule has 0 spiro atoms. The number of benzene rings is 1. The monoisotopic (exact) mass is 156 g/mol. The molecule has 3 heteroatoms. The number of aryl methyl sites for hydroxylation is 1. The smallest absolute Gasteiger partial charge is 0.212 e. The van der Waals surface area contributed by atoms with E-state index in [9.17, 15) is 0 Å². The van der Waals surface area contributed by atoms with E-state index in [1.165, 1.54) is 0 Å². The molecule has 0 aromatic heterocycles. The van der Waals surface area contributed by atoms with E-state index in [1.807, 2.05) is 31.2 Å². The van der Waals surface area contributed by atoms with Gasteiger partial charge in [0.15, 0.2) is 0 Å². The first kappa shape index (κ1) is 7.52. The highest BCUT2D eigenvalue weighted by Crippen LogP contribution is 2.18. The topological polar surface area (TPSA) is 29.5 Å². The van der Waals surface area contributed by atoms with Crippen LogP contribution in [0.25, 0.3) is 0 Å². The van der Waals surface area contributed by atoms with Crippen molar-refractivity contribution in [2.75, 3.05) is 0 Å². The Hall–Kier alpha value is -0.590. The van der Waals surface area contributed by atoms with Gasteiger partial charge in [0, 0.05) is 0 Å². The summed E-state index contributed by atoms with van der Waals surface area (Å²) in [7, 11) is -0.468. The van der Waals surface area contributed by atoms with Crippen LogP contribution in [0.1, 0.15) is 5.56 Å². The van der Waals surface area contributed by atoms with Crippen LogP contribution >= 0.6 is 9.03 Å². The molecule has 0 radical (unpaired) electrons. The Morgan fingerprint density at radius 2 is 2.30 bits per heavy atom. The van der Waals surface area contributed by atoms with Crippen LogP contribution < -0.4 is 4.52 Å². The van der Waals surface area contributed by atoms with E-state index in [2.05, 4.69) is 0 Å². The molecule has 0 aliphatic rings. The highest BCUT2D eigenvalue weighted by atomic mass is 31.1. The molecule has 1 rings (SSSR count). The summed E-state index contributed by atoms with van der Waals surface area (Å²) in [6, 6.07) is 7.57. The van der Waals surface area contributed by atoms with Crippen LogP contribution in [0.2, 0.25) is 0 Å². The van der Waals surface area contributed by atoms with Crippen molar-refractivity contribution in [2.24, 2.45) is 0 Å². The van der Waals surface area contributed by atoms with Crippen molar-refractivity contribution in [3.63, 3.8) is 0 Å². The van der Waals surface area contributed by atoms with Gasteiger partial charge in [-0.25, -0.2) is 0 Å². The van der Waals surface area contributed by atoms with E-state index < -0.39 is 9.03 Å². The first-order chi connectivity index (χ1) is 4.83. The largest absolute Gasteiger partial charge is 0.450 e. The van der Waals surface area contributed by atoms with Gasteiger partial charge < -0.3 is 9.42 Å². The fourth-order valence-electron chi connectivity index (χ4n) is 0.732. The standard InChI is InChI=1S/C7H9O2P/c1-6-3-2-4-7(5-6)9-10-8/h2-5,8,10H,1H3. The second-order valence-electron chi connectivity index (χ2n) is 2.01. The van der Waals surface area contributed by atoms with Gasteiger partial charge in [0.25, 0.3) is 0 Å². The maximum absolute atomic E-state index is 8.42. The summed E-state index contributed by atoms with van der Waals surface area (Å²) in [5, 5.41) is 0. The molecule has 2 nitrogen and oxygen atoms in total. The highest BCUT2D eigenvalue weighted by Gasteiger charge is 1.90. The Labute approximate surface area is 61.8 Å². The number of hydrogen-bond acceptors (Lipinski definition) is 2. The number of hydrogen-bond donors (Lipinski definition) is 1. The predicted molar refractivity (Wildman–Crippen MR) is 42.3 cm³/mol. The van der Waals surface area contributed by atoms with Gasteiger partial charge in [0.1, 0.15) is 5.75 Å². The van der Waals surface area contributed by atoms with E-state index >= 15 is 0 Å². The summed E-state index contributed by atoms with van der Waals surface area (Å²) in [5.74, 6) is 0.723. The van der Waals surface area contributed by atoms with Crippen molar-refractivity contribution in [3.05, 3.63) is 29.8 Å².